The molecule has 2 saturated heterocycles. The van der Waals surface area contributed by atoms with E-state index in [9.17, 15) is 4.79 Å². The van der Waals surface area contributed by atoms with E-state index in [4.69, 9.17) is 9.84 Å². The first-order valence-electron chi connectivity index (χ1n) is 11.2. The molecular formula is C23H34N4O2. The Labute approximate surface area is 173 Å². The number of fused-ring (bicyclic) bond motifs is 3. The second kappa shape index (κ2) is 8.84. The first-order valence-corrected chi connectivity index (χ1v) is 11.2. The summed E-state index contributed by atoms with van der Waals surface area (Å²) in [5, 5.41) is 8.97. The van der Waals surface area contributed by atoms with Crippen LogP contribution in [0.25, 0.3) is 10.9 Å². The van der Waals surface area contributed by atoms with Gasteiger partial charge in [-0.15, -0.1) is 0 Å². The lowest BCUT2D eigenvalue weighted by Crippen LogP contribution is -2.60. The highest BCUT2D eigenvalue weighted by Gasteiger charge is 2.39. The number of hydrogen-bond donors (Lipinski definition) is 1. The summed E-state index contributed by atoms with van der Waals surface area (Å²) in [6.45, 7) is 9.22. The maximum Gasteiger partial charge on any atom is 0.272 e. The topological polar surface area (TPSA) is 59.4 Å². The Hall–Kier alpha value is -1.92. The number of amides is 1. The number of aromatic nitrogens is 2. The number of nitrogens with zero attached hydrogens (tertiary/aromatic N) is 3. The summed E-state index contributed by atoms with van der Waals surface area (Å²) < 4.78 is 7.81. The molecule has 2 aliphatic rings. The summed E-state index contributed by atoms with van der Waals surface area (Å²) in [6.07, 6.45) is 5.32. The van der Waals surface area contributed by atoms with E-state index in [1.165, 1.54) is 12.8 Å². The van der Waals surface area contributed by atoms with Crippen LogP contribution in [0.2, 0.25) is 0 Å². The predicted octanol–water partition coefficient (Wildman–Crippen LogP) is 3.77. The van der Waals surface area contributed by atoms with Crippen LogP contribution in [0, 0.1) is 0 Å². The Balaban J connectivity index is 1.50. The van der Waals surface area contributed by atoms with Gasteiger partial charge in [0.15, 0.2) is 5.69 Å². The summed E-state index contributed by atoms with van der Waals surface area (Å²) in [6, 6.07) is 9.33. The van der Waals surface area contributed by atoms with Crippen molar-refractivity contribution in [1.82, 2.24) is 20.0 Å². The summed E-state index contributed by atoms with van der Waals surface area (Å²) in [4.78, 5) is 15.8. The van der Waals surface area contributed by atoms with Gasteiger partial charge in [-0.3, -0.25) is 14.4 Å². The molecule has 6 heteroatoms. The Bertz CT molecular complexity index is 835. The van der Waals surface area contributed by atoms with Crippen LogP contribution in [0.3, 0.4) is 0 Å². The molecule has 2 aromatic rings. The van der Waals surface area contributed by atoms with Crippen molar-refractivity contribution in [2.45, 2.75) is 77.0 Å². The van der Waals surface area contributed by atoms with Gasteiger partial charge < -0.3 is 10.1 Å². The van der Waals surface area contributed by atoms with Crippen LogP contribution in [0.5, 0.6) is 0 Å². The number of unbranched alkanes of at least 4 members (excludes halogenated alkanes) is 1. The molecule has 2 fully saturated rings. The van der Waals surface area contributed by atoms with E-state index >= 15 is 0 Å². The van der Waals surface area contributed by atoms with Gasteiger partial charge in [-0.2, -0.15) is 5.10 Å². The van der Waals surface area contributed by atoms with Gasteiger partial charge in [0.05, 0.1) is 18.7 Å². The van der Waals surface area contributed by atoms with Gasteiger partial charge in [-0.25, -0.2) is 0 Å². The molecule has 1 aromatic carbocycles. The second-order valence-electron chi connectivity index (χ2n) is 8.65. The molecular weight excluding hydrogens is 364 g/mol. The maximum atomic E-state index is 13.2. The number of ether oxygens (including phenoxy) is 1. The molecule has 0 aliphatic carbocycles. The Morgan fingerprint density at radius 2 is 1.97 bits per heavy atom. The van der Waals surface area contributed by atoms with Crippen molar-refractivity contribution in [2.24, 2.45) is 0 Å². The number of carbonyl (C=O) groups excluding carboxylic acids is 1. The van der Waals surface area contributed by atoms with Gasteiger partial charge in [-0.05, 0) is 45.2 Å². The number of piperidine rings is 1. The zero-order valence-corrected chi connectivity index (χ0v) is 17.9. The van der Waals surface area contributed by atoms with Crippen LogP contribution in [0.4, 0.5) is 0 Å². The van der Waals surface area contributed by atoms with E-state index in [1.807, 2.05) is 22.9 Å². The average Bonchev–Trinajstić information content (AvgIpc) is 3.11. The van der Waals surface area contributed by atoms with Crippen molar-refractivity contribution in [1.29, 1.82) is 0 Å². The maximum absolute atomic E-state index is 13.2. The van der Waals surface area contributed by atoms with Gasteiger partial charge >= 0.3 is 0 Å². The molecule has 0 radical (unpaired) electrons. The van der Waals surface area contributed by atoms with E-state index in [0.29, 0.717) is 17.8 Å². The fourth-order valence-corrected chi connectivity index (χ4v) is 4.83. The van der Waals surface area contributed by atoms with Crippen molar-refractivity contribution < 1.29 is 9.53 Å². The molecule has 2 bridgehead atoms. The molecule has 4 rings (SSSR count). The fraction of sp³-hybridized carbons (Fsp3) is 0.652. The number of nitrogens with one attached hydrogen (secondary N) is 1. The number of carbonyl (C=O) groups is 1. The van der Waals surface area contributed by atoms with Gasteiger partial charge in [0.2, 0.25) is 0 Å². The molecule has 1 aromatic heterocycles. The SMILES string of the molecule is CCCCN1[C@@H]2COC[C@H]1CC(NC(=O)c1nn([C@H](C)CC)c3ccccc13)C2. The highest BCUT2D eigenvalue weighted by atomic mass is 16.5. The third kappa shape index (κ3) is 4.05. The quantitative estimate of drug-likeness (QED) is 0.771. The lowest BCUT2D eigenvalue weighted by atomic mass is 9.89. The Morgan fingerprint density at radius 3 is 2.66 bits per heavy atom. The van der Waals surface area contributed by atoms with Gasteiger partial charge in [0, 0.05) is 29.6 Å². The standard InChI is InChI=1S/C23H34N4O2/c1-4-6-11-26-18-12-17(13-19(26)15-29-14-18)24-23(28)22-20-9-7-8-10-21(20)27(25-22)16(3)5-2/h7-10,16-19H,4-6,11-15H2,1-3H3,(H,24,28)/t16-,17?,18-,19+/m1/s1. The fourth-order valence-electron chi connectivity index (χ4n) is 4.83. The average molecular weight is 399 g/mol. The molecule has 158 valence electrons. The van der Waals surface area contributed by atoms with Crippen molar-refractivity contribution in [3.8, 4) is 0 Å². The monoisotopic (exact) mass is 398 g/mol. The molecule has 1 N–H and O–H groups in total. The van der Waals surface area contributed by atoms with Crippen molar-refractivity contribution in [2.75, 3.05) is 19.8 Å². The van der Waals surface area contributed by atoms with Crippen LogP contribution >= 0.6 is 0 Å². The first kappa shape index (κ1) is 20.4. The normalized spacial score (nSPS) is 25.8. The highest BCUT2D eigenvalue weighted by Crippen LogP contribution is 2.29. The van der Waals surface area contributed by atoms with E-state index < -0.39 is 0 Å². The predicted molar refractivity (Wildman–Crippen MR) is 115 cm³/mol. The van der Waals surface area contributed by atoms with Crippen LogP contribution in [-0.2, 0) is 4.74 Å². The number of rotatable bonds is 7. The van der Waals surface area contributed by atoms with Gasteiger partial charge in [-0.1, -0.05) is 38.5 Å². The highest BCUT2D eigenvalue weighted by molar-refractivity contribution is 6.05. The van der Waals surface area contributed by atoms with Crippen molar-refractivity contribution in [3.63, 3.8) is 0 Å². The van der Waals surface area contributed by atoms with Crippen LogP contribution in [0.1, 0.15) is 69.4 Å². The Morgan fingerprint density at radius 1 is 1.24 bits per heavy atom. The zero-order valence-electron chi connectivity index (χ0n) is 17.9. The van der Waals surface area contributed by atoms with E-state index in [2.05, 4.69) is 37.1 Å². The molecule has 0 saturated carbocycles. The number of morpholine rings is 1. The summed E-state index contributed by atoms with van der Waals surface area (Å²) in [5.41, 5.74) is 1.59. The van der Waals surface area contributed by atoms with Crippen molar-refractivity contribution >= 4 is 16.8 Å². The number of benzene rings is 1. The molecule has 4 atom stereocenters. The summed E-state index contributed by atoms with van der Waals surface area (Å²) >= 11 is 0. The third-order valence-corrected chi connectivity index (χ3v) is 6.61. The lowest BCUT2D eigenvalue weighted by molar-refractivity contribution is -0.0802. The minimum absolute atomic E-state index is 0.0470. The summed E-state index contributed by atoms with van der Waals surface area (Å²) in [7, 11) is 0. The third-order valence-electron chi connectivity index (χ3n) is 6.61. The molecule has 1 unspecified atom stereocenters. The van der Waals surface area contributed by atoms with Crippen LogP contribution in [0.15, 0.2) is 24.3 Å². The van der Waals surface area contributed by atoms with E-state index in [0.717, 1.165) is 49.9 Å². The molecule has 6 nitrogen and oxygen atoms in total. The van der Waals surface area contributed by atoms with Gasteiger partial charge in [0.25, 0.3) is 5.91 Å². The van der Waals surface area contributed by atoms with Gasteiger partial charge in [0.1, 0.15) is 0 Å². The molecule has 2 aliphatic heterocycles. The first-order chi connectivity index (χ1) is 14.1. The lowest BCUT2D eigenvalue weighted by Gasteiger charge is -2.48. The molecule has 1 amide bonds. The second-order valence-corrected chi connectivity index (χ2v) is 8.65. The molecule has 0 spiro atoms. The van der Waals surface area contributed by atoms with E-state index in [1.54, 1.807) is 0 Å². The zero-order chi connectivity index (χ0) is 20.4. The smallest absolute Gasteiger partial charge is 0.272 e. The minimum atomic E-state index is -0.0470. The number of para-hydroxylation sites is 1. The molecule has 29 heavy (non-hydrogen) atoms. The van der Waals surface area contributed by atoms with E-state index in [-0.39, 0.29) is 18.0 Å². The van der Waals surface area contributed by atoms with Crippen LogP contribution in [-0.4, -0.2) is 58.5 Å². The Kier molecular flexibility index (Phi) is 6.20. The molecule has 3 heterocycles. The minimum Gasteiger partial charge on any atom is -0.378 e. The summed E-state index contributed by atoms with van der Waals surface area (Å²) in [5.74, 6) is -0.0470. The van der Waals surface area contributed by atoms with Crippen LogP contribution < -0.4 is 5.32 Å². The number of hydrogen-bond acceptors (Lipinski definition) is 4. The largest absolute Gasteiger partial charge is 0.378 e. The van der Waals surface area contributed by atoms with Crippen molar-refractivity contribution in [3.05, 3.63) is 30.0 Å².